The second-order valence-corrected chi connectivity index (χ2v) is 5.78. The molecule has 0 spiro atoms. The van der Waals surface area contributed by atoms with Gasteiger partial charge in [0.25, 0.3) is 0 Å². The summed E-state index contributed by atoms with van der Waals surface area (Å²) < 4.78 is 0. The fraction of sp³-hybridized carbons (Fsp3) is 0.133. The summed E-state index contributed by atoms with van der Waals surface area (Å²) in [5.74, 6) is 0.912. The summed E-state index contributed by atoms with van der Waals surface area (Å²) in [6.07, 6.45) is 0.928. The number of nitrogens with one attached hydrogen (secondary N) is 2. The fourth-order valence-electron chi connectivity index (χ4n) is 2.65. The van der Waals surface area contributed by atoms with E-state index >= 15 is 0 Å². The molecule has 20 heavy (non-hydrogen) atoms. The summed E-state index contributed by atoms with van der Waals surface area (Å²) in [6.45, 7) is 0. The van der Waals surface area contributed by atoms with Gasteiger partial charge >= 0.3 is 0 Å². The maximum absolute atomic E-state index is 6.03. The predicted octanol–water partition coefficient (Wildman–Crippen LogP) is 4.58. The average Bonchev–Trinajstić information content (AvgIpc) is 3.02. The number of benzene rings is 2. The van der Waals surface area contributed by atoms with Crippen molar-refractivity contribution in [3.05, 3.63) is 57.8 Å². The predicted molar refractivity (Wildman–Crippen MR) is 82.6 cm³/mol. The third-order valence-electron chi connectivity index (χ3n) is 3.64. The van der Waals surface area contributed by atoms with Gasteiger partial charge in [-0.25, -0.2) is 4.98 Å². The second kappa shape index (κ2) is 4.40. The van der Waals surface area contributed by atoms with Crippen LogP contribution in [0.15, 0.2) is 36.4 Å². The van der Waals surface area contributed by atoms with Crippen LogP contribution in [-0.2, 0) is 6.42 Å². The molecule has 1 atom stereocenters. The highest BCUT2D eigenvalue weighted by molar-refractivity contribution is 6.42. The number of fused-ring (bicyclic) bond motifs is 2. The summed E-state index contributed by atoms with van der Waals surface area (Å²) in [5, 5.41) is 4.55. The second-order valence-electron chi connectivity index (χ2n) is 4.96. The smallest absolute Gasteiger partial charge is 0.130 e. The van der Waals surface area contributed by atoms with Crippen LogP contribution in [0.3, 0.4) is 0 Å². The van der Waals surface area contributed by atoms with Gasteiger partial charge in [0.2, 0.25) is 0 Å². The third-order valence-corrected chi connectivity index (χ3v) is 4.37. The van der Waals surface area contributed by atoms with Crippen molar-refractivity contribution < 1.29 is 0 Å². The van der Waals surface area contributed by atoms with Gasteiger partial charge in [0.15, 0.2) is 0 Å². The highest BCUT2D eigenvalue weighted by atomic mass is 35.5. The zero-order chi connectivity index (χ0) is 13.7. The van der Waals surface area contributed by atoms with Crippen LogP contribution in [-0.4, -0.2) is 9.97 Å². The molecule has 2 aromatic carbocycles. The topological polar surface area (TPSA) is 40.7 Å². The van der Waals surface area contributed by atoms with Crippen molar-refractivity contribution in [1.29, 1.82) is 0 Å². The van der Waals surface area contributed by atoms with E-state index in [0.717, 1.165) is 23.3 Å². The number of aromatic nitrogens is 2. The van der Waals surface area contributed by atoms with E-state index < -0.39 is 0 Å². The summed E-state index contributed by atoms with van der Waals surface area (Å²) in [7, 11) is 0. The highest BCUT2D eigenvalue weighted by Crippen LogP contribution is 2.34. The maximum Gasteiger partial charge on any atom is 0.130 e. The molecule has 1 aliphatic heterocycles. The molecular weight excluding hydrogens is 293 g/mol. The molecule has 2 heterocycles. The first-order valence-corrected chi connectivity index (χ1v) is 7.15. The van der Waals surface area contributed by atoms with Crippen molar-refractivity contribution in [3.63, 3.8) is 0 Å². The minimum atomic E-state index is 0.164. The Kier molecular flexibility index (Phi) is 2.65. The quantitative estimate of drug-likeness (QED) is 0.691. The molecule has 0 saturated carbocycles. The Labute approximate surface area is 125 Å². The number of rotatable bonds is 1. The zero-order valence-electron chi connectivity index (χ0n) is 10.5. The monoisotopic (exact) mass is 303 g/mol. The molecule has 0 saturated heterocycles. The van der Waals surface area contributed by atoms with E-state index in [9.17, 15) is 0 Å². The molecular formula is C15H11Cl2N3. The molecule has 0 amide bonds. The van der Waals surface area contributed by atoms with Gasteiger partial charge in [-0.1, -0.05) is 41.4 Å². The van der Waals surface area contributed by atoms with Gasteiger partial charge in [-0.05, 0) is 23.8 Å². The number of imidazole rings is 1. The Morgan fingerprint density at radius 2 is 1.90 bits per heavy atom. The summed E-state index contributed by atoms with van der Waals surface area (Å²) >= 11 is 12.1. The van der Waals surface area contributed by atoms with Crippen molar-refractivity contribution in [2.75, 3.05) is 5.32 Å². The number of H-pyrrole nitrogens is 1. The molecule has 3 nitrogen and oxygen atoms in total. The number of aromatic amines is 1. The highest BCUT2D eigenvalue weighted by Gasteiger charge is 2.24. The van der Waals surface area contributed by atoms with Gasteiger partial charge in [0.05, 0.1) is 27.1 Å². The summed E-state index contributed by atoms with van der Waals surface area (Å²) in [4.78, 5) is 7.94. The van der Waals surface area contributed by atoms with Crippen LogP contribution in [0.25, 0.3) is 11.0 Å². The van der Waals surface area contributed by atoms with Crippen LogP contribution >= 0.6 is 23.2 Å². The molecule has 2 N–H and O–H groups in total. The van der Waals surface area contributed by atoms with Crippen molar-refractivity contribution in [1.82, 2.24) is 9.97 Å². The van der Waals surface area contributed by atoms with E-state index in [4.69, 9.17) is 23.2 Å². The van der Waals surface area contributed by atoms with E-state index in [1.54, 1.807) is 6.07 Å². The first-order valence-electron chi connectivity index (χ1n) is 6.40. The van der Waals surface area contributed by atoms with Gasteiger partial charge < -0.3 is 10.3 Å². The van der Waals surface area contributed by atoms with Crippen molar-refractivity contribution in [2.24, 2.45) is 0 Å². The van der Waals surface area contributed by atoms with Gasteiger partial charge in [-0.15, -0.1) is 0 Å². The molecule has 0 bridgehead atoms. The number of nitrogens with zero attached hydrogens (tertiary/aromatic N) is 1. The van der Waals surface area contributed by atoms with Crippen molar-refractivity contribution >= 4 is 39.9 Å². The molecule has 0 fully saturated rings. The molecule has 3 aromatic rings. The van der Waals surface area contributed by atoms with E-state index in [2.05, 4.69) is 33.5 Å². The van der Waals surface area contributed by atoms with Crippen molar-refractivity contribution in [3.8, 4) is 0 Å². The molecule has 4 rings (SSSR count). The van der Waals surface area contributed by atoms with Gasteiger partial charge in [-0.2, -0.15) is 0 Å². The minimum Gasteiger partial charge on any atom is -0.375 e. The number of anilines is 1. The Hall–Kier alpha value is -1.71. The van der Waals surface area contributed by atoms with Crippen LogP contribution in [0.4, 0.5) is 5.69 Å². The standard InChI is InChI=1S/C15H11Cl2N3/c16-9-6-12-13(7-10(9)17)20-15(19-12)14-5-8-3-1-2-4-11(8)18-14/h1-4,6-7,14,18H,5H2,(H,19,20). The Balaban J connectivity index is 1.74. The number of hydrogen-bond acceptors (Lipinski definition) is 2. The summed E-state index contributed by atoms with van der Waals surface area (Å²) in [5.41, 5.74) is 4.24. The Bertz CT molecular complexity index is 746. The largest absolute Gasteiger partial charge is 0.375 e. The SMILES string of the molecule is Clc1cc2nc(C3Cc4ccccc4N3)[nH]c2cc1Cl. The molecule has 1 aliphatic rings. The maximum atomic E-state index is 6.03. The molecule has 1 aromatic heterocycles. The van der Waals surface area contributed by atoms with Crippen LogP contribution < -0.4 is 5.32 Å². The lowest BCUT2D eigenvalue weighted by atomic mass is 10.1. The van der Waals surface area contributed by atoms with Gasteiger partial charge in [-0.3, -0.25) is 0 Å². The lowest BCUT2D eigenvalue weighted by Gasteiger charge is -2.06. The van der Waals surface area contributed by atoms with Crippen LogP contribution in [0.1, 0.15) is 17.4 Å². The lowest BCUT2D eigenvalue weighted by Crippen LogP contribution is -2.07. The normalized spacial score (nSPS) is 17.2. The zero-order valence-corrected chi connectivity index (χ0v) is 12.0. The molecule has 100 valence electrons. The number of halogens is 2. The van der Waals surface area contributed by atoms with Crippen LogP contribution in [0, 0.1) is 0 Å². The van der Waals surface area contributed by atoms with E-state index in [-0.39, 0.29) is 6.04 Å². The number of hydrogen-bond donors (Lipinski definition) is 2. The van der Waals surface area contributed by atoms with E-state index in [0.29, 0.717) is 10.0 Å². The van der Waals surface area contributed by atoms with Crippen LogP contribution in [0.5, 0.6) is 0 Å². The van der Waals surface area contributed by atoms with Crippen LogP contribution in [0.2, 0.25) is 10.0 Å². The van der Waals surface area contributed by atoms with E-state index in [1.807, 2.05) is 12.1 Å². The van der Waals surface area contributed by atoms with Gasteiger partial charge in [0, 0.05) is 12.1 Å². The molecule has 0 radical (unpaired) electrons. The first-order chi connectivity index (χ1) is 9.70. The van der Waals surface area contributed by atoms with E-state index in [1.165, 1.54) is 11.3 Å². The average molecular weight is 304 g/mol. The van der Waals surface area contributed by atoms with Crippen molar-refractivity contribution in [2.45, 2.75) is 12.5 Å². The first kappa shape index (κ1) is 12.1. The minimum absolute atomic E-state index is 0.164. The number of para-hydroxylation sites is 1. The van der Waals surface area contributed by atoms with Gasteiger partial charge in [0.1, 0.15) is 5.82 Å². The fourth-order valence-corrected chi connectivity index (χ4v) is 2.97. The molecule has 0 aliphatic carbocycles. The Morgan fingerprint density at radius 1 is 1.10 bits per heavy atom. The third kappa shape index (κ3) is 1.86. The molecule has 1 unspecified atom stereocenters. The Morgan fingerprint density at radius 3 is 2.75 bits per heavy atom. The lowest BCUT2D eigenvalue weighted by molar-refractivity contribution is 0.768. The molecule has 5 heteroatoms. The summed E-state index contributed by atoms with van der Waals surface area (Å²) in [6, 6.07) is 12.1.